The van der Waals surface area contributed by atoms with Crippen LogP contribution in [0.1, 0.15) is 59.8 Å². The predicted molar refractivity (Wildman–Crippen MR) is 119 cm³/mol. The summed E-state index contributed by atoms with van der Waals surface area (Å²) in [6.45, 7) is 4.10. The Morgan fingerprint density at radius 2 is 1.77 bits per heavy atom. The monoisotopic (exact) mass is 399 g/mol. The number of para-hydroxylation sites is 1. The summed E-state index contributed by atoms with van der Waals surface area (Å²) in [5, 5.41) is 4.75. The van der Waals surface area contributed by atoms with Gasteiger partial charge in [-0.05, 0) is 69.2 Å². The van der Waals surface area contributed by atoms with Gasteiger partial charge in [0.1, 0.15) is 0 Å². The molecule has 1 heterocycles. The molecule has 1 amide bonds. The topological polar surface area (TPSA) is 38.1 Å². The summed E-state index contributed by atoms with van der Waals surface area (Å²) in [4.78, 5) is 15.9. The molecule has 0 aliphatic heterocycles. The first kappa shape index (κ1) is 19.1. The van der Waals surface area contributed by atoms with Gasteiger partial charge in [0.15, 0.2) is 0 Å². The van der Waals surface area contributed by atoms with E-state index in [1.54, 1.807) is 0 Å². The lowest BCUT2D eigenvalue weighted by atomic mass is 9.86. The zero-order valence-corrected chi connectivity index (χ0v) is 17.8. The molecule has 1 unspecified atom stereocenters. The SMILES string of the molecule is Cc1nn(-c2ccccc2)c(C)c1CC(=O)N(C1CC1)C1CCCc2ccccc21. The van der Waals surface area contributed by atoms with Gasteiger partial charge in [-0.25, -0.2) is 4.68 Å². The van der Waals surface area contributed by atoms with E-state index in [1.165, 1.54) is 11.1 Å². The molecule has 1 saturated carbocycles. The van der Waals surface area contributed by atoms with Crippen molar-refractivity contribution in [3.05, 3.63) is 82.7 Å². The van der Waals surface area contributed by atoms with Crippen LogP contribution in [0.15, 0.2) is 54.6 Å². The van der Waals surface area contributed by atoms with E-state index in [1.807, 2.05) is 29.8 Å². The minimum Gasteiger partial charge on any atom is -0.332 e. The van der Waals surface area contributed by atoms with E-state index in [0.717, 1.165) is 54.7 Å². The summed E-state index contributed by atoms with van der Waals surface area (Å²) >= 11 is 0. The number of hydrogen-bond acceptors (Lipinski definition) is 2. The molecule has 4 heteroatoms. The molecule has 2 aliphatic rings. The van der Waals surface area contributed by atoms with Crippen molar-refractivity contribution in [3.8, 4) is 5.69 Å². The molecule has 30 heavy (non-hydrogen) atoms. The van der Waals surface area contributed by atoms with Gasteiger partial charge < -0.3 is 4.90 Å². The van der Waals surface area contributed by atoms with Crippen molar-refractivity contribution in [3.63, 3.8) is 0 Å². The van der Waals surface area contributed by atoms with Crippen LogP contribution in [0.4, 0.5) is 0 Å². The Hall–Kier alpha value is -2.88. The molecule has 2 aliphatic carbocycles. The standard InChI is InChI=1S/C26H29N3O/c1-18-24(19(2)29(27-18)22-11-4-3-5-12-22)17-26(30)28(21-15-16-21)25-14-8-10-20-9-6-7-13-23(20)25/h3-7,9,11-13,21,25H,8,10,14-17H2,1-2H3. The van der Waals surface area contributed by atoms with Gasteiger partial charge in [-0.1, -0.05) is 42.5 Å². The Morgan fingerprint density at radius 1 is 1.03 bits per heavy atom. The summed E-state index contributed by atoms with van der Waals surface area (Å²) < 4.78 is 1.97. The van der Waals surface area contributed by atoms with Gasteiger partial charge >= 0.3 is 0 Å². The third-order valence-electron chi connectivity index (χ3n) is 6.67. The molecule has 1 atom stereocenters. The second-order valence-corrected chi connectivity index (χ2v) is 8.71. The van der Waals surface area contributed by atoms with Crippen molar-refractivity contribution < 1.29 is 4.79 Å². The van der Waals surface area contributed by atoms with Crippen LogP contribution < -0.4 is 0 Å². The lowest BCUT2D eigenvalue weighted by molar-refractivity contribution is -0.134. The average Bonchev–Trinajstić information content (AvgIpc) is 3.57. The number of hydrogen-bond donors (Lipinski definition) is 0. The maximum atomic E-state index is 13.6. The number of nitrogens with zero attached hydrogens (tertiary/aromatic N) is 3. The lowest BCUT2D eigenvalue weighted by Gasteiger charge is -2.36. The van der Waals surface area contributed by atoms with Gasteiger partial charge in [-0.2, -0.15) is 5.10 Å². The molecular weight excluding hydrogens is 370 g/mol. The molecule has 154 valence electrons. The lowest BCUT2D eigenvalue weighted by Crippen LogP contribution is -2.39. The van der Waals surface area contributed by atoms with Gasteiger partial charge in [-0.3, -0.25) is 4.79 Å². The van der Waals surface area contributed by atoms with E-state index in [0.29, 0.717) is 12.5 Å². The highest BCUT2D eigenvalue weighted by Gasteiger charge is 2.39. The highest BCUT2D eigenvalue weighted by atomic mass is 16.2. The molecule has 0 saturated heterocycles. The van der Waals surface area contributed by atoms with Gasteiger partial charge in [0, 0.05) is 17.3 Å². The number of amides is 1. The van der Waals surface area contributed by atoms with E-state index in [-0.39, 0.29) is 11.9 Å². The zero-order valence-electron chi connectivity index (χ0n) is 17.8. The summed E-state index contributed by atoms with van der Waals surface area (Å²) in [5.41, 5.74) is 6.89. The third-order valence-corrected chi connectivity index (χ3v) is 6.67. The van der Waals surface area contributed by atoms with E-state index >= 15 is 0 Å². The molecule has 0 bridgehead atoms. The fraction of sp³-hybridized carbons (Fsp3) is 0.385. The number of aryl methyl sites for hydroxylation is 2. The van der Waals surface area contributed by atoms with Gasteiger partial charge in [0.05, 0.1) is 23.8 Å². The maximum Gasteiger partial charge on any atom is 0.227 e. The Morgan fingerprint density at radius 3 is 2.53 bits per heavy atom. The molecule has 2 aromatic carbocycles. The van der Waals surface area contributed by atoms with Crippen molar-refractivity contribution >= 4 is 5.91 Å². The summed E-state index contributed by atoms with van der Waals surface area (Å²) in [7, 11) is 0. The number of carbonyl (C=O) groups is 1. The smallest absolute Gasteiger partial charge is 0.227 e. The Kier molecular flexibility index (Phi) is 4.93. The number of carbonyl (C=O) groups excluding carboxylic acids is 1. The van der Waals surface area contributed by atoms with E-state index in [2.05, 4.69) is 48.2 Å². The molecule has 0 spiro atoms. The normalized spacial score (nSPS) is 18.1. The molecule has 0 N–H and O–H groups in total. The maximum absolute atomic E-state index is 13.6. The fourth-order valence-corrected chi connectivity index (χ4v) is 5.00. The van der Waals surface area contributed by atoms with Gasteiger partial charge in [0.2, 0.25) is 5.91 Å². The van der Waals surface area contributed by atoms with Crippen LogP contribution in [0.3, 0.4) is 0 Å². The fourth-order valence-electron chi connectivity index (χ4n) is 5.00. The first-order valence-electron chi connectivity index (χ1n) is 11.1. The number of rotatable bonds is 5. The van der Waals surface area contributed by atoms with Gasteiger partial charge in [-0.15, -0.1) is 0 Å². The van der Waals surface area contributed by atoms with Crippen LogP contribution in [0.25, 0.3) is 5.69 Å². The minimum atomic E-state index is 0.222. The van der Waals surface area contributed by atoms with Crippen molar-refractivity contribution in [2.45, 2.75) is 64.5 Å². The Labute approximate surface area is 178 Å². The van der Waals surface area contributed by atoms with Crippen molar-refractivity contribution in [2.75, 3.05) is 0 Å². The summed E-state index contributed by atoms with van der Waals surface area (Å²) in [6, 6.07) is 19.5. The highest BCUT2D eigenvalue weighted by Crippen LogP contribution is 2.41. The number of fused-ring (bicyclic) bond motifs is 1. The first-order chi connectivity index (χ1) is 14.6. The van der Waals surface area contributed by atoms with Crippen LogP contribution in [0.5, 0.6) is 0 Å². The predicted octanol–water partition coefficient (Wildman–Crippen LogP) is 5.10. The van der Waals surface area contributed by atoms with Crippen LogP contribution >= 0.6 is 0 Å². The molecule has 1 aromatic heterocycles. The van der Waals surface area contributed by atoms with E-state index in [9.17, 15) is 4.79 Å². The van der Waals surface area contributed by atoms with Crippen LogP contribution in [0.2, 0.25) is 0 Å². The second-order valence-electron chi connectivity index (χ2n) is 8.71. The largest absolute Gasteiger partial charge is 0.332 e. The molecule has 5 rings (SSSR count). The summed E-state index contributed by atoms with van der Waals surface area (Å²) in [5.74, 6) is 0.248. The first-order valence-corrected chi connectivity index (χ1v) is 11.1. The highest BCUT2D eigenvalue weighted by molar-refractivity contribution is 5.80. The molecule has 1 fully saturated rings. The zero-order chi connectivity index (χ0) is 20.7. The number of aromatic nitrogens is 2. The van der Waals surface area contributed by atoms with Crippen molar-refractivity contribution in [1.82, 2.24) is 14.7 Å². The van der Waals surface area contributed by atoms with E-state index in [4.69, 9.17) is 5.10 Å². The quantitative estimate of drug-likeness (QED) is 0.599. The minimum absolute atomic E-state index is 0.222. The summed E-state index contributed by atoms with van der Waals surface area (Å²) in [6.07, 6.45) is 6.04. The third kappa shape index (κ3) is 3.45. The second kappa shape index (κ2) is 7.75. The molecule has 4 nitrogen and oxygen atoms in total. The van der Waals surface area contributed by atoms with Crippen molar-refractivity contribution in [1.29, 1.82) is 0 Å². The van der Waals surface area contributed by atoms with Crippen molar-refractivity contribution in [2.24, 2.45) is 0 Å². The van der Waals surface area contributed by atoms with Crippen LogP contribution in [0, 0.1) is 13.8 Å². The Balaban J connectivity index is 1.44. The molecule has 0 radical (unpaired) electrons. The van der Waals surface area contributed by atoms with Crippen LogP contribution in [-0.4, -0.2) is 26.6 Å². The van der Waals surface area contributed by atoms with Gasteiger partial charge in [0.25, 0.3) is 0 Å². The molecular formula is C26H29N3O. The van der Waals surface area contributed by atoms with E-state index < -0.39 is 0 Å². The Bertz CT molecular complexity index is 1070. The molecule has 3 aromatic rings. The van der Waals surface area contributed by atoms with Crippen LogP contribution in [-0.2, 0) is 17.6 Å². The number of benzene rings is 2. The average molecular weight is 400 g/mol.